The summed E-state index contributed by atoms with van der Waals surface area (Å²) in [6.07, 6.45) is 2.32. The van der Waals surface area contributed by atoms with Crippen molar-refractivity contribution in [1.29, 1.82) is 0 Å². The maximum Gasteiger partial charge on any atom is 0.312 e. The Hall–Kier alpha value is -2.56. The van der Waals surface area contributed by atoms with E-state index in [9.17, 15) is 9.59 Å². The van der Waals surface area contributed by atoms with E-state index >= 15 is 0 Å². The van der Waals surface area contributed by atoms with Crippen molar-refractivity contribution in [3.63, 3.8) is 0 Å². The van der Waals surface area contributed by atoms with E-state index in [2.05, 4.69) is 11.4 Å². The molecule has 0 radical (unpaired) electrons. The van der Waals surface area contributed by atoms with Crippen molar-refractivity contribution in [3.05, 3.63) is 59.5 Å². The lowest BCUT2D eigenvalue weighted by atomic mass is 10.00. The first-order valence-electron chi connectivity index (χ1n) is 6.90. The topological polar surface area (TPSA) is 62.6 Å². The molecule has 2 heterocycles. The van der Waals surface area contributed by atoms with Crippen LogP contribution in [0.2, 0.25) is 0 Å². The smallest absolute Gasteiger partial charge is 0.312 e. The molecule has 1 aliphatic heterocycles. The number of fused-ring (bicyclic) bond motifs is 1. The van der Waals surface area contributed by atoms with Gasteiger partial charge in [0.1, 0.15) is 5.76 Å². The van der Waals surface area contributed by atoms with E-state index in [1.54, 1.807) is 17.0 Å². The van der Waals surface area contributed by atoms with Crippen molar-refractivity contribution in [2.45, 2.75) is 19.5 Å². The van der Waals surface area contributed by atoms with E-state index in [4.69, 9.17) is 4.42 Å². The average Bonchev–Trinajstić information content (AvgIpc) is 3.05. The van der Waals surface area contributed by atoms with Gasteiger partial charge in [-0.15, -0.1) is 0 Å². The molecular formula is C16H16N2O3. The standard InChI is InChI=1S/C16H16N2O3/c19-15(17-10-14-6-3-9-21-14)16(20)18-8-7-12-4-1-2-5-13(12)11-18/h1-6,9H,7-8,10-11H2,(H,17,19). The lowest BCUT2D eigenvalue weighted by Crippen LogP contribution is -2.44. The van der Waals surface area contributed by atoms with Crippen LogP contribution in [-0.4, -0.2) is 23.3 Å². The molecule has 5 nitrogen and oxygen atoms in total. The minimum absolute atomic E-state index is 0.224. The predicted molar refractivity (Wildman–Crippen MR) is 76.1 cm³/mol. The second kappa shape index (κ2) is 5.83. The Morgan fingerprint density at radius 2 is 1.95 bits per heavy atom. The van der Waals surface area contributed by atoms with Gasteiger partial charge in [-0.1, -0.05) is 24.3 Å². The fraction of sp³-hybridized carbons (Fsp3) is 0.250. The van der Waals surface area contributed by atoms with Crippen LogP contribution in [0.5, 0.6) is 0 Å². The number of rotatable bonds is 2. The Morgan fingerprint density at radius 1 is 1.14 bits per heavy atom. The third-order valence-corrected chi connectivity index (χ3v) is 3.62. The first-order valence-corrected chi connectivity index (χ1v) is 6.90. The van der Waals surface area contributed by atoms with Crippen LogP contribution in [0, 0.1) is 0 Å². The number of hydrogen-bond donors (Lipinski definition) is 1. The van der Waals surface area contributed by atoms with Gasteiger partial charge in [-0.25, -0.2) is 0 Å². The molecule has 3 rings (SSSR count). The number of amides is 2. The number of nitrogens with zero attached hydrogens (tertiary/aromatic N) is 1. The van der Waals surface area contributed by atoms with Crippen molar-refractivity contribution in [3.8, 4) is 0 Å². The second-order valence-electron chi connectivity index (χ2n) is 5.01. The number of nitrogens with one attached hydrogen (secondary N) is 1. The Morgan fingerprint density at radius 3 is 2.71 bits per heavy atom. The summed E-state index contributed by atoms with van der Waals surface area (Å²) in [5.41, 5.74) is 2.36. The van der Waals surface area contributed by atoms with Gasteiger partial charge in [0.25, 0.3) is 0 Å². The van der Waals surface area contributed by atoms with Crippen LogP contribution in [0.4, 0.5) is 0 Å². The molecule has 21 heavy (non-hydrogen) atoms. The molecule has 1 aromatic heterocycles. The van der Waals surface area contributed by atoms with Gasteiger partial charge in [-0.05, 0) is 29.7 Å². The van der Waals surface area contributed by atoms with E-state index in [-0.39, 0.29) is 6.54 Å². The first-order chi connectivity index (χ1) is 10.2. The molecule has 0 saturated carbocycles. The zero-order chi connectivity index (χ0) is 14.7. The molecule has 1 aromatic carbocycles. The summed E-state index contributed by atoms with van der Waals surface area (Å²) < 4.78 is 5.12. The second-order valence-corrected chi connectivity index (χ2v) is 5.01. The summed E-state index contributed by atoms with van der Waals surface area (Å²) in [5, 5.41) is 2.58. The predicted octanol–water partition coefficient (Wildman–Crippen LogP) is 1.48. The maximum absolute atomic E-state index is 12.2. The van der Waals surface area contributed by atoms with Crippen LogP contribution in [-0.2, 0) is 29.1 Å². The summed E-state index contributed by atoms with van der Waals surface area (Å²) in [5.74, 6) is -0.456. The lowest BCUT2D eigenvalue weighted by molar-refractivity contribution is -0.146. The number of hydrogen-bond acceptors (Lipinski definition) is 3. The minimum atomic E-state index is -0.592. The van der Waals surface area contributed by atoms with Crippen molar-refractivity contribution < 1.29 is 14.0 Å². The minimum Gasteiger partial charge on any atom is -0.467 e. The summed E-state index contributed by atoms with van der Waals surface area (Å²) in [6, 6.07) is 11.5. The molecule has 0 unspecified atom stereocenters. The monoisotopic (exact) mass is 284 g/mol. The molecule has 0 aliphatic carbocycles. The quantitative estimate of drug-likeness (QED) is 0.850. The van der Waals surface area contributed by atoms with E-state index in [0.717, 1.165) is 12.0 Å². The van der Waals surface area contributed by atoms with E-state index in [0.29, 0.717) is 18.8 Å². The summed E-state index contributed by atoms with van der Waals surface area (Å²) in [6.45, 7) is 1.29. The van der Waals surface area contributed by atoms with Crippen LogP contribution >= 0.6 is 0 Å². The van der Waals surface area contributed by atoms with Crippen molar-refractivity contribution >= 4 is 11.8 Å². The van der Waals surface area contributed by atoms with E-state index < -0.39 is 11.8 Å². The third-order valence-electron chi connectivity index (χ3n) is 3.62. The molecule has 2 amide bonds. The van der Waals surface area contributed by atoms with Crippen molar-refractivity contribution in [1.82, 2.24) is 10.2 Å². The molecular weight excluding hydrogens is 268 g/mol. The first kappa shape index (κ1) is 13.4. The molecule has 1 N–H and O–H groups in total. The Balaban J connectivity index is 1.59. The van der Waals surface area contributed by atoms with Gasteiger partial charge in [0.15, 0.2) is 0 Å². The Bertz CT molecular complexity index is 649. The molecule has 0 saturated heterocycles. The number of benzene rings is 1. The van der Waals surface area contributed by atoms with Crippen LogP contribution in [0.15, 0.2) is 47.1 Å². The van der Waals surface area contributed by atoms with Gasteiger partial charge in [0.2, 0.25) is 0 Å². The fourth-order valence-corrected chi connectivity index (χ4v) is 2.47. The normalized spacial score (nSPS) is 13.6. The van der Waals surface area contributed by atoms with Gasteiger partial charge in [0.05, 0.1) is 12.8 Å². The summed E-state index contributed by atoms with van der Waals surface area (Å²) >= 11 is 0. The Labute approximate surface area is 122 Å². The molecule has 0 atom stereocenters. The third kappa shape index (κ3) is 2.97. The highest BCUT2D eigenvalue weighted by Gasteiger charge is 2.25. The highest BCUT2D eigenvalue weighted by Crippen LogP contribution is 2.18. The number of carbonyl (C=O) groups excluding carboxylic acids is 2. The molecule has 108 valence electrons. The van der Waals surface area contributed by atoms with Gasteiger partial charge >= 0.3 is 11.8 Å². The van der Waals surface area contributed by atoms with Gasteiger partial charge in [-0.3, -0.25) is 9.59 Å². The van der Waals surface area contributed by atoms with Crippen molar-refractivity contribution in [2.24, 2.45) is 0 Å². The van der Waals surface area contributed by atoms with Crippen LogP contribution in [0.1, 0.15) is 16.9 Å². The molecule has 5 heteroatoms. The van der Waals surface area contributed by atoms with Gasteiger partial charge < -0.3 is 14.6 Å². The van der Waals surface area contributed by atoms with Gasteiger partial charge in [-0.2, -0.15) is 0 Å². The molecule has 0 bridgehead atoms. The fourth-order valence-electron chi connectivity index (χ4n) is 2.47. The maximum atomic E-state index is 12.2. The highest BCUT2D eigenvalue weighted by molar-refractivity contribution is 6.34. The molecule has 2 aromatic rings. The zero-order valence-corrected chi connectivity index (χ0v) is 11.5. The van der Waals surface area contributed by atoms with Crippen molar-refractivity contribution in [2.75, 3.05) is 6.54 Å². The van der Waals surface area contributed by atoms with E-state index in [1.165, 1.54) is 11.8 Å². The van der Waals surface area contributed by atoms with Gasteiger partial charge in [0, 0.05) is 13.1 Å². The molecule has 0 fully saturated rings. The zero-order valence-electron chi connectivity index (χ0n) is 11.5. The summed E-state index contributed by atoms with van der Waals surface area (Å²) in [4.78, 5) is 25.6. The molecule has 0 spiro atoms. The molecule has 1 aliphatic rings. The lowest BCUT2D eigenvalue weighted by Gasteiger charge is -2.28. The van der Waals surface area contributed by atoms with Crippen LogP contribution in [0.25, 0.3) is 0 Å². The van der Waals surface area contributed by atoms with E-state index in [1.807, 2.05) is 18.2 Å². The Kier molecular flexibility index (Phi) is 3.73. The van der Waals surface area contributed by atoms with Crippen LogP contribution < -0.4 is 5.32 Å². The number of furan rings is 1. The number of carbonyl (C=O) groups is 2. The SMILES string of the molecule is O=C(NCc1ccco1)C(=O)N1CCc2ccccc2C1. The highest BCUT2D eigenvalue weighted by atomic mass is 16.3. The van der Waals surface area contributed by atoms with Crippen LogP contribution in [0.3, 0.4) is 0 Å². The largest absolute Gasteiger partial charge is 0.467 e. The summed E-state index contributed by atoms with van der Waals surface area (Å²) in [7, 11) is 0. The average molecular weight is 284 g/mol.